The van der Waals surface area contributed by atoms with Crippen LogP contribution in [-0.2, 0) is 16.0 Å². The van der Waals surface area contributed by atoms with Gasteiger partial charge in [-0.2, -0.15) is 0 Å². The highest BCUT2D eigenvalue weighted by Gasteiger charge is 2.26. The second-order valence-electron chi connectivity index (χ2n) is 7.45. The Bertz CT molecular complexity index is 887. The molecular formula is C23H26N2O3. The first-order chi connectivity index (χ1) is 13.6. The fourth-order valence-corrected chi connectivity index (χ4v) is 4.02. The monoisotopic (exact) mass is 378 g/mol. The van der Waals surface area contributed by atoms with Gasteiger partial charge in [-0.25, -0.2) is 0 Å². The molecular weight excluding hydrogens is 352 g/mol. The van der Waals surface area contributed by atoms with E-state index in [1.165, 1.54) is 5.56 Å². The minimum Gasteiger partial charge on any atom is -0.378 e. The van der Waals surface area contributed by atoms with Crippen LogP contribution in [0.3, 0.4) is 0 Å². The van der Waals surface area contributed by atoms with Gasteiger partial charge in [0.05, 0.1) is 13.2 Å². The highest BCUT2D eigenvalue weighted by Crippen LogP contribution is 2.33. The zero-order valence-electron chi connectivity index (χ0n) is 16.3. The van der Waals surface area contributed by atoms with Crippen LogP contribution in [0.2, 0.25) is 0 Å². The Morgan fingerprint density at radius 2 is 1.79 bits per heavy atom. The largest absolute Gasteiger partial charge is 0.378 e. The summed E-state index contributed by atoms with van der Waals surface area (Å²) in [4.78, 5) is 29.5. The maximum atomic E-state index is 12.9. The number of Topliss-reactive ketones (excluding diaryl/α,β-unsaturated/α-hetero) is 1. The van der Waals surface area contributed by atoms with Gasteiger partial charge in [-0.3, -0.25) is 9.59 Å². The first-order valence-corrected chi connectivity index (χ1v) is 9.98. The van der Waals surface area contributed by atoms with E-state index in [9.17, 15) is 9.59 Å². The summed E-state index contributed by atoms with van der Waals surface area (Å²) in [5, 5.41) is 0. The molecule has 0 saturated carbocycles. The Morgan fingerprint density at radius 3 is 2.57 bits per heavy atom. The summed E-state index contributed by atoms with van der Waals surface area (Å²) in [6.07, 6.45) is 1.36. The predicted molar refractivity (Wildman–Crippen MR) is 110 cm³/mol. The minimum atomic E-state index is 0.0276. The number of ether oxygens (including phenoxy) is 1. The van der Waals surface area contributed by atoms with Crippen LogP contribution in [0.5, 0.6) is 0 Å². The molecule has 2 aromatic carbocycles. The van der Waals surface area contributed by atoms with E-state index < -0.39 is 0 Å². The lowest BCUT2D eigenvalue weighted by Gasteiger charge is -2.29. The number of hydrogen-bond donors (Lipinski definition) is 0. The van der Waals surface area contributed by atoms with Gasteiger partial charge in [0.15, 0.2) is 5.78 Å². The van der Waals surface area contributed by atoms with Gasteiger partial charge in [-0.05, 0) is 36.6 Å². The van der Waals surface area contributed by atoms with Crippen molar-refractivity contribution in [1.82, 2.24) is 0 Å². The van der Waals surface area contributed by atoms with Crippen LogP contribution in [0.1, 0.15) is 34.3 Å². The van der Waals surface area contributed by atoms with Crippen molar-refractivity contribution in [2.24, 2.45) is 0 Å². The molecule has 0 bridgehead atoms. The molecule has 2 heterocycles. The molecule has 4 rings (SSSR count). The quantitative estimate of drug-likeness (QED) is 0.749. The van der Waals surface area contributed by atoms with Crippen molar-refractivity contribution in [3.63, 3.8) is 0 Å². The van der Waals surface area contributed by atoms with E-state index in [0.717, 1.165) is 49.7 Å². The van der Waals surface area contributed by atoms with E-state index >= 15 is 0 Å². The van der Waals surface area contributed by atoms with Crippen LogP contribution in [0.15, 0.2) is 42.5 Å². The third-order valence-corrected chi connectivity index (χ3v) is 5.65. The van der Waals surface area contributed by atoms with Crippen LogP contribution in [-0.4, -0.2) is 44.5 Å². The molecule has 0 N–H and O–H groups in total. The molecule has 28 heavy (non-hydrogen) atoms. The summed E-state index contributed by atoms with van der Waals surface area (Å²) in [7, 11) is 0. The number of aryl methyl sites for hydroxylation is 1. The van der Waals surface area contributed by atoms with Crippen LogP contribution in [0.4, 0.5) is 11.4 Å². The van der Waals surface area contributed by atoms with E-state index in [-0.39, 0.29) is 24.5 Å². The number of carbonyl (C=O) groups excluding carboxylic acids is 2. The van der Waals surface area contributed by atoms with Gasteiger partial charge in [0.1, 0.15) is 0 Å². The Hall–Kier alpha value is -2.66. The summed E-state index contributed by atoms with van der Waals surface area (Å²) >= 11 is 0. The average molecular weight is 378 g/mol. The summed E-state index contributed by atoms with van der Waals surface area (Å²) in [6, 6.07) is 13.9. The standard InChI is InChI=1S/C23H26N2O3/c1-17-4-2-3-5-20(17)22(26)8-9-23(27)25-11-10-18-6-7-19(16-21(18)25)24-12-14-28-15-13-24/h2-7,16H,8-15H2,1H3. The maximum absolute atomic E-state index is 12.9. The lowest BCUT2D eigenvalue weighted by Crippen LogP contribution is -2.36. The third-order valence-electron chi connectivity index (χ3n) is 5.65. The number of ketones is 1. The number of rotatable bonds is 5. The zero-order valence-corrected chi connectivity index (χ0v) is 16.3. The summed E-state index contributed by atoms with van der Waals surface area (Å²) in [6.45, 7) is 5.84. The summed E-state index contributed by atoms with van der Waals surface area (Å²) in [5.41, 5.74) is 5.01. The molecule has 5 heteroatoms. The molecule has 0 spiro atoms. The van der Waals surface area contributed by atoms with E-state index in [1.807, 2.05) is 36.1 Å². The number of morpholine rings is 1. The molecule has 5 nitrogen and oxygen atoms in total. The Morgan fingerprint density at radius 1 is 1.00 bits per heavy atom. The molecule has 1 fully saturated rings. The number of fused-ring (bicyclic) bond motifs is 1. The lowest BCUT2D eigenvalue weighted by molar-refractivity contribution is -0.118. The van der Waals surface area contributed by atoms with Crippen molar-refractivity contribution in [2.75, 3.05) is 42.6 Å². The van der Waals surface area contributed by atoms with Crippen molar-refractivity contribution < 1.29 is 14.3 Å². The molecule has 2 aliphatic heterocycles. The number of anilines is 2. The minimum absolute atomic E-state index is 0.0276. The Kier molecular flexibility index (Phi) is 5.44. The fraction of sp³-hybridized carbons (Fsp3) is 0.391. The number of hydrogen-bond acceptors (Lipinski definition) is 4. The summed E-state index contributed by atoms with van der Waals surface area (Å²) in [5.74, 6) is 0.0627. The molecule has 0 aliphatic carbocycles. The van der Waals surface area contributed by atoms with Crippen molar-refractivity contribution in [2.45, 2.75) is 26.2 Å². The van der Waals surface area contributed by atoms with Crippen molar-refractivity contribution in [3.05, 3.63) is 59.2 Å². The molecule has 2 aromatic rings. The van der Waals surface area contributed by atoms with Crippen LogP contribution < -0.4 is 9.80 Å². The van der Waals surface area contributed by atoms with Crippen molar-refractivity contribution in [1.29, 1.82) is 0 Å². The number of carbonyl (C=O) groups is 2. The van der Waals surface area contributed by atoms with Crippen LogP contribution in [0.25, 0.3) is 0 Å². The van der Waals surface area contributed by atoms with Crippen LogP contribution in [0, 0.1) is 6.92 Å². The van der Waals surface area contributed by atoms with Gasteiger partial charge < -0.3 is 14.5 Å². The van der Waals surface area contributed by atoms with Gasteiger partial charge in [0.2, 0.25) is 5.91 Å². The second-order valence-corrected chi connectivity index (χ2v) is 7.45. The average Bonchev–Trinajstić information content (AvgIpc) is 3.16. The van der Waals surface area contributed by atoms with Gasteiger partial charge in [-0.1, -0.05) is 30.3 Å². The Balaban J connectivity index is 1.44. The lowest BCUT2D eigenvalue weighted by atomic mass is 10.0. The number of benzene rings is 2. The molecule has 1 saturated heterocycles. The molecule has 0 radical (unpaired) electrons. The van der Waals surface area contributed by atoms with E-state index in [4.69, 9.17) is 4.74 Å². The topological polar surface area (TPSA) is 49.9 Å². The second kappa shape index (κ2) is 8.15. The highest BCUT2D eigenvalue weighted by atomic mass is 16.5. The van der Waals surface area contributed by atoms with Crippen molar-refractivity contribution in [3.8, 4) is 0 Å². The molecule has 0 unspecified atom stereocenters. The number of nitrogens with zero attached hydrogens (tertiary/aromatic N) is 2. The third kappa shape index (κ3) is 3.80. The first kappa shape index (κ1) is 18.7. The fourth-order valence-electron chi connectivity index (χ4n) is 4.02. The van der Waals surface area contributed by atoms with E-state index in [2.05, 4.69) is 23.1 Å². The Labute approximate surface area is 165 Å². The van der Waals surface area contributed by atoms with Crippen LogP contribution >= 0.6 is 0 Å². The molecule has 2 aliphatic rings. The predicted octanol–water partition coefficient (Wildman–Crippen LogP) is 3.38. The normalized spacial score (nSPS) is 16.2. The molecule has 0 aromatic heterocycles. The van der Waals surface area contributed by atoms with Gasteiger partial charge >= 0.3 is 0 Å². The first-order valence-electron chi connectivity index (χ1n) is 9.98. The number of amides is 1. The van der Waals surface area contributed by atoms with Gasteiger partial charge in [-0.15, -0.1) is 0 Å². The molecule has 146 valence electrons. The zero-order chi connectivity index (χ0) is 19.5. The summed E-state index contributed by atoms with van der Waals surface area (Å²) < 4.78 is 5.43. The van der Waals surface area contributed by atoms with Gasteiger partial charge in [0, 0.05) is 49.4 Å². The van der Waals surface area contributed by atoms with E-state index in [0.29, 0.717) is 12.1 Å². The highest BCUT2D eigenvalue weighted by molar-refractivity contribution is 6.02. The van der Waals surface area contributed by atoms with E-state index in [1.54, 1.807) is 0 Å². The maximum Gasteiger partial charge on any atom is 0.227 e. The smallest absolute Gasteiger partial charge is 0.227 e. The molecule has 0 atom stereocenters. The van der Waals surface area contributed by atoms with Crippen molar-refractivity contribution >= 4 is 23.1 Å². The SMILES string of the molecule is Cc1ccccc1C(=O)CCC(=O)N1CCc2ccc(N3CCOCC3)cc21. The molecule has 1 amide bonds. The van der Waals surface area contributed by atoms with Gasteiger partial charge in [0.25, 0.3) is 0 Å².